The van der Waals surface area contributed by atoms with Gasteiger partial charge >= 0.3 is 0 Å². The topological polar surface area (TPSA) is 12.4 Å². The standard InChI is InChI=1S/C13H23N/c1-10-8-11(2)12(10)6-7-13(3,4)9-14-5/h6-7,9-12H,8H2,1-5H3/b7-6-,14-9?. The number of allylic oxidation sites excluding steroid dienone is 2. The van der Waals surface area contributed by atoms with Crippen LogP contribution in [0.15, 0.2) is 17.1 Å². The number of aliphatic imine (C=N–C) groups is 1. The lowest BCUT2D eigenvalue weighted by Crippen LogP contribution is -2.31. The summed E-state index contributed by atoms with van der Waals surface area (Å²) >= 11 is 0. The Morgan fingerprint density at radius 1 is 1.21 bits per heavy atom. The molecule has 0 spiro atoms. The van der Waals surface area contributed by atoms with E-state index in [2.05, 4.69) is 44.8 Å². The summed E-state index contributed by atoms with van der Waals surface area (Å²) < 4.78 is 0. The molecule has 0 radical (unpaired) electrons. The number of nitrogens with zero attached hydrogens (tertiary/aromatic N) is 1. The lowest BCUT2D eigenvalue weighted by Gasteiger charge is -2.39. The van der Waals surface area contributed by atoms with Crippen molar-refractivity contribution in [1.29, 1.82) is 0 Å². The Labute approximate surface area is 88.3 Å². The smallest absolute Gasteiger partial charge is 0.0273 e. The van der Waals surface area contributed by atoms with Crippen LogP contribution in [0, 0.1) is 23.2 Å². The first-order valence-electron chi connectivity index (χ1n) is 5.59. The minimum atomic E-state index is 0.115. The number of hydrogen-bond acceptors (Lipinski definition) is 1. The molecule has 0 saturated heterocycles. The molecule has 1 fully saturated rings. The molecule has 1 heteroatoms. The first-order chi connectivity index (χ1) is 6.46. The van der Waals surface area contributed by atoms with Gasteiger partial charge < -0.3 is 0 Å². The van der Waals surface area contributed by atoms with E-state index < -0.39 is 0 Å². The van der Waals surface area contributed by atoms with Crippen molar-refractivity contribution in [3.05, 3.63) is 12.2 Å². The van der Waals surface area contributed by atoms with Crippen molar-refractivity contribution in [3.63, 3.8) is 0 Å². The molecular weight excluding hydrogens is 170 g/mol. The van der Waals surface area contributed by atoms with Crippen LogP contribution in [0.25, 0.3) is 0 Å². The summed E-state index contributed by atoms with van der Waals surface area (Å²) in [4.78, 5) is 4.09. The van der Waals surface area contributed by atoms with E-state index in [4.69, 9.17) is 0 Å². The fraction of sp³-hybridized carbons (Fsp3) is 0.769. The summed E-state index contributed by atoms with van der Waals surface area (Å²) in [7, 11) is 1.84. The molecule has 1 aliphatic carbocycles. The third kappa shape index (κ3) is 2.70. The SMILES string of the molecule is CN=CC(C)(C)/C=C\C1C(C)CC1C. The molecule has 0 aromatic carbocycles. The summed E-state index contributed by atoms with van der Waals surface area (Å²) in [5, 5.41) is 0. The van der Waals surface area contributed by atoms with E-state index in [9.17, 15) is 0 Å². The quantitative estimate of drug-likeness (QED) is 0.480. The van der Waals surface area contributed by atoms with Gasteiger partial charge in [-0.15, -0.1) is 0 Å². The van der Waals surface area contributed by atoms with Gasteiger partial charge in [-0.05, 0) is 24.2 Å². The van der Waals surface area contributed by atoms with Crippen molar-refractivity contribution < 1.29 is 0 Å². The first-order valence-corrected chi connectivity index (χ1v) is 5.59. The van der Waals surface area contributed by atoms with Gasteiger partial charge in [0.15, 0.2) is 0 Å². The van der Waals surface area contributed by atoms with Crippen molar-refractivity contribution in [2.45, 2.75) is 34.1 Å². The summed E-state index contributed by atoms with van der Waals surface area (Å²) in [5.41, 5.74) is 0.115. The molecule has 0 aromatic heterocycles. The highest BCUT2D eigenvalue weighted by Gasteiger charge is 2.32. The van der Waals surface area contributed by atoms with Crippen molar-refractivity contribution >= 4 is 6.21 Å². The third-order valence-electron chi connectivity index (χ3n) is 3.27. The average Bonchev–Trinajstić information content (AvgIpc) is 2.03. The van der Waals surface area contributed by atoms with E-state index in [1.807, 2.05) is 13.3 Å². The van der Waals surface area contributed by atoms with Crippen LogP contribution in [-0.4, -0.2) is 13.3 Å². The molecule has 0 N–H and O–H groups in total. The molecule has 80 valence electrons. The van der Waals surface area contributed by atoms with Crippen LogP contribution in [0.2, 0.25) is 0 Å². The zero-order valence-corrected chi connectivity index (χ0v) is 10.1. The molecule has 0 aliphatic heterocycles. The van der Waals surface area contributed by atoms with Crippen molar-refractivity contribution in [2.75, 3.05) is 7.05 Å². The average molecular weight is 193 g/mol. The van der Waals surface area contributed by atoms with Crippen molar-refractivity contribution in [3.8, 4) is 0 Å². The molecule has 0 aromatic rings. The molecule has 2 unspecified atom stereocenters. The first kappa shape index (κ1) is 11.5. The number of rotatable bonds is 3. The van der Waals surface area contributed by atoms with E-state index in [0.29, 0.717) is 0 Å². The van der Waals surface area contributed by atoms with E-state index in [-0.39, 0.29) is 5.41 Å². The predicted molar refractivity (Wildman–Crippen MR) is 63.8 cm³/mol. The monoisotopic (exact) mass is 193 g/mol. The maximum Gasteiger partial charge on any atom is 0.0273 e. The van der Waals surface area contributed by atoms with Crippen molar-refractivity contribution in [1.82, 2.24) is 0 Å². The van der Waals surface area contributed by atoms with Gasteiger partial charge in [0.25, 0.3) is 0 Å². The highest BCUT2D eigenvalue weighted by Crippen LogP contribution is 2.41. The molecule has 0 amide bonds. The van der Waals surface area contributed by atoms with Crippen LogP contribution >= 0.6 is 0 Å². The molecule has 1 aliphatic rings. The molecule has 1 rings (SSSR count). The summed E-state index contributed by atoms with van der Waals surface area (Å²) in [6.45, 7) is 9.08. The fourth-order valence-electron chi connectivity index (χ4n) is 2.38. The Morgan fingerprint density at radius 3 is 2.21 bits per heavy atom. The second-order valence-corrected chi connectivity index (χ2v) is 5.34. The maximum absolute atomic E-state index is 4.09. The maximum atomic E-state index is 4.09. The van der Waals surface area contributed by atoms with Gasteiger partial charge in [-0.1, -0.05) is 39.8 Å². The lowest BCUT2D eigenvalue weighted by molar-refractivity contribution is 0.147. The van der Waals surface area contributed by atoms with Gasteiger partial charge in [-0.2, -0.15) is 0 Å². The highest BCUT2D eigenvalue weighted by molar-refractivity contribution is 5.67. The van der Waals surface area contributed by atoms with Crippen LogP contribution in [0.4, 0.5) is 0 Å². The van der Waals surface area contributed by atoms with Gasteiger partial charge in [0.2, 0.25) is 0 Å². The fourth-order valence-corrected chi connectivity index (χ4v) is 2.38. The van der Waals surface area contributed by atoms with Crippen LogP contribution in [0.1, 0.15) is 34.1 Å². The van der Waals surface area contributed by atoms with E-state index in [1.54, 1.807) is 0 Å². The predicted octanol–water partition coefficient (Wildman–Crippen LogP) is 3.56. The van der Waals surface area contributed by atoms with Gasteiger partial charge in [-0.25, -0.2) is 0 Å². The molecular formula is C13H23N. The number of hydrogen-bond donors (Lipinski definition) is 0. The van der Waals surface area contributed by atoms with Gasteiger partial charge in [0.1, 0.15) is 0 Å². The Morgan fingerprint density at radius 2 is 1.79 bits per heavy atom. The second kappa shape index (κ2) is 4.29. The van der Waals surface area contributed by atoms with Gasteiger partial charge in [0.05, 0.1) is 0 Å². The minimum Gasteiger partial charge on any atom is -0.300 e. The Balaban J connectivity index is 2.54. The van der Waals surface area contributed by atoms with E-state index in [1.165, 1.54) is 6.42 Å². The third-order valence-corrected chi connectivity index (χ3v) is 3.27. The van der Waals surface area contributed by atoms with Crippen LogP contribution in [0.5, 0.6) is 0 Å². The van der Waals surface area contributed by atoms with Crippen LogP contribution in [0.3, 0.4) is 0 Å². The Hall–Kier alpha value is -0.590. The lowest BCUT2D eigenvalue weighted by atomic mass is 9.66. The molecule has 1 saturated carbocycles. The zero-order chi connectivity index (χ0) is 10.8. The Bertz CT molecular complexity index is 230. The van der Waals surface area contributed by atoms with Crippen LogP contribution < -0.4 is 0 Å². The molecule has 2 atom stereocenters. The van der Waals surface area contributed by atoms with E-state index >= 15 is 0 Å². The molecule has 1 nitrogen and oxygen atoms in total. The summed E-state index contributed by atoms with van der Waals surface area (Å²) in [5.74, 6) is 2.53. The normalized spacial score (nSPS) is 33.9. The minimum absolute atomic E-state index is 0.115. The van der Waals surface area contributed by atoms with Crippen LogP contribution in [-0.2, 0) is 0 Å². The molecule has 14 heavy (non-hydrogen) atoms. The highest BCUT2D eigenvalue weighted by atomic mass is 14.6. The largest absolute Gasteiger partial charge is 0.300 e. The van der Waals surface area contributed by atoms with Gasteiger partial charge in [-0.3, -0.25) is 4.99 Å². The summed E-state index contributed by atoms with van der Waals surface area (Å²) in [6.07, 6.45) is 8.09. The second-order valence-electron chi connectivity index (χ2n) is 5.34. The van der Waals surface area contributed by atoms with E-state index in [0.717, 1.165) is 17.8 Å². The van der Waals surface area contributed by atoms with Crippen molar-refractivity contribution in [2.24, 2.45) is 28.2 Å². The Kier molecular flexibility index (Phi) is 3.52. The molecule has 0 bridgehead atoms. The summed E-state index contributed by atoms with van der Waals surface area (Å²) in [6, 6.07) is 0. The molecule has 0 heterocycles. The zero-order valence-electron chi connectivity index (χ0n) is 10.1. The van der Waals surface area contributed by atoms with Gasteiger partial charge in [0, 0.05) is 18.7 Å².